The summed E-state index contributed by atoms with van der Waals surface area (Å²) in [5.74, 6) is -0.564. The number of fused-ring (bicyclic) bond motifs is 4. The van der Waals surface area contributed by atoms with E-state index >= 15 is 0 Å². The second-order valence-corrected chi connectivity index (χ2v) is 10.3. The largest absolute Gasteiger partial charge is 0.207 e. The molecule has 0 saturated carbocycles. The molecule has 0 aromatic heterocycles. The molecule has 0 N–H and O–H groups in total. The zero-order chi connectivity index (χ0) is 24.6. The molecule has 0 radical (unpaired) electrons. The number of rotatable bonds is 2. The molecule has 172 valence electrons. The molecule has 0 spiro atoms. The highest BCUT2D eigenvalue weighted by atomic mass is 79.9. The van der Waals surface area contributed by atoms with Gasteiger partial charge in [-0.3, -0.25) is 0 Å². The van der Waals surface area contributed by atoms with E-state index in [4.69, 9.17) is 11.6 Å². The molecule has 6 aromatic rings. The first kappa shape index (κ1) is 21.7. The van der Waals surface area contributed by atoms with E-state index in [-0.39, 0.29) is 11.6 Å². The molecule has 0 atom stereocenters. The highest BCUT2D eigenvalue weighted by Gasteiger charge is 2.30. The van der Waals surface area contributed by atoms with E-state index in [1.807, 2.05) is 36.4 Å². The van der Waals surface area contributed by atoms with E-state index in [0.717, 1.165) is 65.1 Å². The maximum Gasteiger partial charge on any atom is 0.123 e. The van der Waals surface area contributed by atoms with Crippen molar-refractivity contribution in [2.24, 2.45) is 0 Å². The van der Waals surface area contributed by atoms with Gasteiger partial charge in [-0.1, -0.05) is 72.3 Å². The molecule has 0 saturated heterocycles. The Morgan fingerprint density at radius 2 is 1.03 bits per heavy atom. The van der Waals surface area contributed by atoms with Crippen molar-refractivity contribution in [3.8, 4) is 44.5 Å². The fourth-order valence-electron chi connectivity index (χ4n) is 5.61. The summed E-state index contributed by atoms with van der Waals surface area (Å²) in [5, 5.41) is 4.87. The average molecular weight is 554 g/mol. The normalized spacial score (nSPS) is 11.9. The van der Waals surface area contributed by atoms with Crippen LogP contribution in [0.25, 0.3) is 66.1 Å². The molecule has 0 aliphatic heterocycles. The first-order valence-electron chi connectivity index (χ1n) is 11.5. The minimum atomic E-state index is -0.284. The van der Waals surface area contributed by atoms with Crippen LogP contribution in [0.5, 0.6) is 0 Å². The molecule has 4 heteroatoms. The quantitative estimate of drug-likeness (QED) is 0.200. The van der Waals surface area contributed by atoms with Crippen molar-refractivity contribution >= 4 is 49.1 Å². The van der Waals surface area contributed by atoms with Gasteiger partial charge in [-0.25, -0.2) is 8.78 Å². The Morgan fingerprint density at radius 3 is 1.53 bits per heavy atom. The van der Waals surface area contributed by atoms with Crippen molar-refractivity contribution in [3.63, 3.8) is 0 Å². The Hall–Kier alpha value is -3.53. The minimum Gasteiger partial charge on any atom is -0.207 e. The molecule has 7 rings (SSSR count). The van der Waals surface area contributed by atoms with Crippen molar-refractivity contribution in [2.45, 2.75) is 0 Å². The fraction of sp³-hybridized carbons (Fsp3) is 0. The van der Waals surface area contributed by atoms with Crippen LogP contribution in [0, 0.1) is 11.6 Å². The fourth-order valence-corrected chi connectivity index (χ4v) is 6.12. The van der Waals surface area contributed by atoms with Gasteiger partial charge in [-0.15, -0.1) is 0 Å². The monoisotopic (exact) mass is 552 g/mol. The second-order valence-electron chi connectivity index (χ2n) is 9.03. The topological polar surface area (TPSA) is 0 Å². The molecular formula is C32H16BrClF2. The molecule has 6 aromatic carbocycles. The molecule has 0 nitrogen and oxygen atoms in total. The lowest BCUT2D eigenvalue weighted by molar-refractivity contribution is 0.627. The van der Waals surface area contributed by atoms with E-state index in [1.54, 1.807) is 0 Å². The average Bonchev–Trinajstić information content (AvgIpc) is 3.21. The zero-order valence-electron chi connectivity index (χ0n) is 18.7. The summed E-state index contributed by atoms with van der Waals surface area (Å²) in [6, 6.07) is 30.0. The van der Waals surface area contributed by atoms with Crippen LogP contribution in [0.3, 0.4) is 0 Å². The third-order valence-electron chi connectivity index (χ3n) is 7.06. The molecule has 0 bridgehead atoms. The summed E-state index contributed by atoms with van der Waals surface area (Å²) in [7, 11) is 0. The van der Waals surface area contributed by atoms with Gasteiger partial charge >= 0.3 is 0 Å². The van der Waals surface area contributed by atoms with Crippen LogP contribution in [0.1, 0.15) is 0 Å². The molecule has 0 unspecified atom stereocenters. The van der Waals surface area contributed by atoms with Crippen LogP contribution in [-0.4, -0.2) is 0 Å². The predicted octanol–water partition coefficient (Wildman–Crippen LogP) is 10.7. The third kappa shape index (κ3) is 3.09. The summed E-state index contributed by atoms with van der Waals surface area (Å²) >= 11 is 10.3. The first-order valence-corrected chi connectivity index (χ1v) is 12.7. The van der Waals surface area contributed by atoms with E-state index in [9.17, 15) is 8.78 Å². The van der Waals surface area contributed by atoms with E-state index in [1.165, 1.54) is 29.7 Å². The van der Waals surface area contributed by atoms with Gasteiger partial charge in [-0.2, -0.15) is 0 Å². The van der Waals surface area contributed by atoms with Crippen LogP contribution >= 0.6 is 27.5 Å². The van der Waals surface area contributed by atoms with Crippen molar-refractivity contribution in [2.75, 3.05) is 0 Å². The Morgan fingerprint density at radius 1 is 0.556 bits per heavy atom. The van der Waals surface area contributed by atoms with Gasteiger partial charge in [0.25, 0.3) is 0 Å². The molecule has 1 aliphatic carbocycles. The van der Waals surface area contributed by atoms with E-state index in [2.05, 4.69) is 52.3 Å². The highest BCUT2D eigenvalue weighted by Crippen LogP contribution is 2.58. The summed E-state index contributed by atoms with van der Waals surface area (Å²) in [4.78, 5) is 0. The molecule has 36 heavy (non-hydrogen) atoms. The van der Waals surface area contributed by atoms with Gasteiger partial charge in [0, 0.05) is 4.47 Å². The van der Waals surface area contributed by atoms with Gasteiger partial charge < -0.3 is 0 Å². The minimum absolute atomic E-state index is 0.280. The number of hydrogen-bond acceptors (Lipinski definition) is 0. The van der Waals surface area contributed by atoms with Crippen molar-refractivity contribution < 1.29 is 8.78 Å². The number of benzene rings is 6. The van der Waals surface area contributed by atoms with Gasteiger partial charge in [0.1, 0.15) is 11.6 Å². The second kappa shape index (κ2) is 7.99. The molecule has 0 fully saturated rings. The molecule has 1 aliphatic rings. The SMILES string of the molecule is Fc1ccc(-c2c3c(c(-c4ccc(F)cc4)c4cc(Br)c(Cl)cc24)-c2cccc4cccc-3c24)cc1. The summed E-state index contributed by atoms with van der Waals surface area (Å²) in [6.45, 7) is 0. The Labute approximate surface area is 219 Å². The number of halogens is 4. The lowest BCUT2D eigenvalue weighted by atomic mass is 9.82. The zero-order valence-corrected chi connectivity index (χ0v) is 21.1. The van der Waals surface area contributed by atoms with Gasteiger partial charge in [0.15, 0.2) is 0 Å². The Kier molecular flexibility index (Phi) is 4.82. The van der Waals surface area contributed by atoms with Crippen molar-refractivity contribution in [1.29, 1.82) is 0 Å². The number of hydrogen-bond donors (Lipinski definition) is 0. The van der Waals surface area contributed by atoms with Crippen LogP contribution < -0.4 is 0 Å². The van der Waals surface area contributed by atoms with Crippen molar-refractivity contribution in [3.05, 3.63) is 118 Å². The predicted molar refractivity (Wildman–Crippen MR) is 149 cm³/mol. The van der Waals surface area contributed by atoms with E-state index < -0.39 is 0 Å². The summed E-state index contributed by atoms with van der Waals surface area (Å²) in [6.07, 6.45) is 0. The molecule has 0 heterocycles. The lowest BCUT2D eigenvalue weighted by Gasteiger charge is -2.21. The Balaban J connectivity index is 1.76. The van der Waals surface area contributed by atoms with Gasteiger partial charge in [-0.05, 0) is 118 Å². The van der Waals surface area contributed by atoms with Crippen LogP contribution in [-0.2, 0) is 0 Å². The van der Waals surface area contributed by atoms with E-state index in [0.29, 0.717) is 5.02 Å². The maximum absolute atomic E-state index is 14.0. The standard InChI is InChI=1S/C32H16BrClF2/c33-26-15-24-25(16-27(26)34)30(19-9-13-21(36)14-10-19)32-23-6-2-4-17-3-1-5-22(28(17)23)31(32)29(24)18-7-11-20(35)12-8-18/h1-16H. The third-order valence-corrected chi connectivity index (χ3v) is 8.26. The maximum atomic E-state index is 14.0. The molecular weight excluding hydrogens is 538 g/mol. The summed E-state index contributed by atoms with van der Waals surface area (Å²) in [5.41, 5.74) is 8.29. The highest BCUT2D eigenvalue weighted by molar-refractivity contribution is 9.10. The summed E-state index contributed by atoms with van der Waals surface area (Å²) < 4.78 is 28.7. The van der Waals surface area contributed by atoms with Crippen LogP contribution in [0.4, 0.5) is 8.78 Å². The van der Waals surface area contributed by atoms with Gasteiger partial charge in [0.2, 0.25) is 0 Å². The Bertz CT molecular complexity index is 1720. The first-order chi connectivity index (χ1) is 17.5. The molecule has 0 amide bonds. The van der Waals surface area contributed by atoms with Crippen molar-refractivity contribution in [1.82, 2.24) is 0 Å². The van der Waals surface area contributed by atoms with Gasteiger partial charge in [0.05, 0.1) is 5.02 Å². The van der Waals surface area contributed by atoms with Crippen LogP contribution in [0.2, 0.25) is 5.02 Å². The lowest BCUT2D eigenvalue weighted by Crippen LogP contribution is -1.94. The smallest absolute Gasteiger partial charge is 0.123 e. The van der Waals surface area contributed by atoms with Crippen LogP contribution in [0.15, 0.2) is 102 Å².